The lowest BCUT2D eigenvalue weighted by Gasteiger charge is -2.03. The molecule has 0 saturated carbocycles. The molecule has 0 aliphatic heterocycles. The molecule has 0 fully saturated rings. The normalized spacial score (nSPS) is 10.3. The van der Waals surface area contributed by atoms with Gasteiger partial charge in [-0.05, 0) is 25.8 Å². The third-order valence-corrected chi connectivity index (χ3v) is 2.39. The van der Waals surface area contributed by atoms with Crippen molar-refractivity contribution < 1.29 is 9.90 Å². The Morgan fingerprint density at radius 1 is 1.12 bits per heavy atom. The van der Waals surface area contributed by atoms with Gasteiger partial charge in [-0.15, -0.1) is 0 Å². The van der Waals surface area contributed by atoms with Gasteiger partial charge in [-0.2, -0.15) is 0 Å². The minimum Gasteiger partial charge on any atom is -0.396 e. The zero-order valence-electron chi connectivity index (χ0n) is 9.48. The van der Waals surface area contributed by atoms with Gasteiger partial charge in [0.25, 0.3) is 0 Å². The van der Waals surface area contributed by atoms with Gasteiger partial charge in [-0.25, -0.2) is 0 Å². The van der Waals surface area contributed by atoms with Crippen molar-refractivity contribution in [1.29, 1.82) is 0 Å². The first-order valence-electron chi connectivity index (χ1n) is 5.74. The average Bonchev–Trinajstić information content (AvgIpc) is 2.34. The molecule has 0 spiro atoms. The van der Waals surface area contributed by atoms with E-state index in [1.165, 1.54) is 0 Å². The zero-order chi connectivity index (χ0) is 11.6. The Labute approximate surface area is 96.5 Å². The van der Waals surface area contributed by atoms with Crippen molar-refractivity contribution in [2.75, 3.05) is 19.7 Å². The Hall–Kier alpha value is -1.19. The van der Waals surface area contributed by atoms with Crippen LogP contribution in [0.1, 0.15) is 29.6 Å². The van der Waals surface area contributed by atoms with Gasteiger partial charge >= 0.3 is 0 Å². The van der Waals surface area contributed by atoms with E-state index in [-0.39, 0.29) is 12.4 Å². The highest BCUT2D eigenvalue weighted by atomic mass is 16.2. The summed E-state index contributed by atoms with van der Waals surface area (Å²) in [6, 6.07) is 9.30. The second-order valence-corrected chi connectivity index (χ2v) is 3.75. The first-order valence-corrected chi connectivity index (χ1v) is 5.74. The molecular weight excluding hydrogens is 202 g/mol. The molecule has 0 aliphatic rings. The van der Waals surface area contributed by atoms with E-state index in [0.717, 1.165) is 31.4 Å². The van der Waals surface area contributed by atoms with Gasteiger partial charge in [0.1, 0.15) is 0 Å². The Kier molecular flexibility index (Phi) is 6.45. The minimum absolute atomic E-state index is 0.128. The topological polar surface area (TPSA) is 49.3 Å². The fourth-order valence-corrected chi connectivity index (χ4v) is 1.47. The lowest BCUT2D eigenvalue weighted by atomic mass is 10.1. The van der Waals surface area contributed by atoms with E-state index in [9.17, 15) is 4.79 Å². The van der Waals surface area contributed by atoms with Crippen molar-refractivity contribution in [3.05, 3.63) is 35.9 Å². The number of rotatable bonds is 8. The highest BCUT2D eigenvalue weighted by Crippen LogP contribution is 1.99. The molecule has 1 aromatic rings. The Bertz CT molecular complexity index is 298. The monoisotopic (exact) mass is 221 g/mol. The van der Waals surface area contributed by atoms with E-state index < -0.39 is 0 Å². The number of hydrogen-bond acceptors (Lipinski definition) is 3. The molecule has 0 radical (unpaired) electrons. The van der Waals surface area contributed by atoms with E-state index in [1.54, 1.807) is 0 Å². The highest BCUT2D eigenvalue weighted by molar-refractivity contribution is 5.97. The van der Waals surface area contributed by atoms with E-state index >= 15 is 0 Å². The molecule has 3 heteroatoms. The number of benzene rings is 1. The van der Waals surface area contributed by atoms with Crippen LogP contribution < -0.4 is 5.32 Å². The molecule has 2 N–H and O–H groups in total. The summed E-state index contributed by atoms with van der Waals surface area (Å²) < 4.78 is 0. The predicted octanol–water partition coefficient (Wildman–Crippen LogP) is 1.62. The van der Waals surface area contributed by atoms with Crippen LogP contribution in [0.3, 0.4) is 0 Å². The molecule has 1 aromatic carbocycles. The number of ketones is 1. The molecule has 1 rings (SSSR count). The summed E-state index contributed by atoms with van der Waals surface area (Å²) in [5.74, 6) is 0.128. The van der Waals surface area contributed by atoms with Gasteiger partial charge in [-0.3, -0.25) is 4.79 Å². The quantitative estimate of drug-likeness (QED) is 0.518. The van der Waals surface area contributed by atoms with Crippen LogP contribution in [0, 0.1) is 0 Å². The molecule has 0 atom stereocenters. The maximum atomic E-state index is 11.6. The number of hydrogen-bond donors (Lipinski definition) is 2. The van der Waals surface area contributed by atoms with Crippen LogP contribution in [0.2, 0.25) is 0 Å². The lowest BCUT2D eigenvalue weighted by molar-refractivity contribution is 0.0991. The number of Topliss-reactive ketones (excluding diaryl/α,β-unsaturated/α-hetero) is 1. The fourth-order valence-electron chi connectivity index (χ4n) is 1.47. The predicted molar refractivity (Wildman–Crippen MR) is 64.6 cm³/mol. The third-order valence-electron chi connectivity index (χ3n) is 2.39. The van der Waals surface area contributed by atoms with Crippen LogP contribution in [-0.2, 0) is 0 Å². The molecule has 0 unspecified atom stereocenters. The van der Waals surface area contributed by atoms with Gasteiger partial charge in [0.05, 0.1) is 6.54 Å². The van der Waals surface area contributed by atoms with E-state index in [1.807, 2.05) is 30.3 Å². The molecular formula is C13H19NO2. The smallest absolute Gasteiger partial charge is 0.176 e. The van der Waals surface area contributed by atoms with Gasteiger partial charge in [0.2, 0.25) is 0 Å². The number of carbonyl (C=O) groups excluding carboxylic acids is 1. The summed E-state index contributed by atoms with van der Waals surface area (Å²) >= 11 is 0. The van der Waals surface area contributed by atoms with Crippen LogP contribution in [0.25, 0.3) is 0 Å². The molecule has 3 nitrogen and oxygen atoms in total. The second-order valence-electron chi connectivity index (χ2n) is 3.75. The largest absolute Gasteiger partial charge is 0.396 e. The van der Waals surface area contributed by atoms with E-state index in [2.05, 4.69) is 5.32 Å². The van der Waals surface area contributed by atoms with Crippen LogP contribution >= 0.6 is 0 Å². The summed E-state index contributed by atoms with van der Waals surface area (Å²) in [6.07, 6.45) is 2.85. The van der Waals surface area contributed by atoms with Crippen molar-refractivity contribution in [2.45, 2.75) is 19.3 Å². The molecule has 0 heterocycles. The van der Waals surface area contributed by atoms with Crippen molar-refractivity contribution in [3.63, 3.8) is 0 Å². The number of carbonyl (C=O) groups is 1. The number of unbranched alkanes of at least 4 members (excludes halogenated alkanes) is 2. The van der Waals surface area contributed by atoms with E-state index in [4.69, 9.17) is 5.11 Å². The van der Waals surface area contributed by atoms with Crippen LogP contribution in [0.5, 0.6) is 0 Å². The molecule has 0 amide bonds. The fraction of sp³-hybridized carbons (Fsp3) is 0.462. The summed E-state index contributed by atoms with van der Waals surface area (Å²) in [5.41, 5.74) is 0.755. The number of nitrogens with one attached hydrogen (secondary N) is 1. The first kappa shape index (κ1) is 12.9. The van der Waals surface area contributed by atoms with Gasteiger partial charge < -0.3 is 10.4 Å². The molecule has 0 bridgehead atoms. The van der Waals surface area contributed by atoms with Crippen LogP contribution in [0.15, 0.2) is 30.3 Å². The summed E-state index contributed by atoms with van der Waals surface area (Å²) in [7, 11) is 0. The highest BCUT2D eigenvalue weighted by Gasteiger charge is 2.02. The molecule has 0 aromatic heterocycles. The van der Waals surface area contributed by atoms with Gasteiger partial charge in [0.15, 0.2) is 5.78 Å². The standard InChI is InChI=1S/C13H19NO2/c15-10-6-2-5-9-14-11-13(16)12-7-3-1-4-8-12/h1,3-4,7-8,14-15H,2,5-6,9-11H2. The molecule has 88 valence electrons. The third kappa shape index (κ3) is 5.05. The maximum absolute atomic E-state index is 11.6. The summed E-state index contributed by atoms with van der Waals surface area (Å²) in [4.78, 5) is 11.6. The SMILES string of the molecule is O=C(CNCCCCCO)c1ccccc1. The number of aliphatic hydroxyl groups is 1. The van der Waals surface area contributed by atoms with Crippen molar-refractivity contribution >= 4 is 5.78 Å². The Morgan fingerprint density at radius 3 is 2.56 bits per heavy atom. The van der Waals surface area contributed by atoms with Crippen molar-refractivity contribution in [1.82, 2.24) is 5.32 Å². The minimum atomic E-state index is 0.128. The molecule has 0 saturated heterocycles. The maximum Gasteiger partial charge on any atom is 0.176 e. The van der Waals surface area contributed by atoms with Crippen molar-refractivity contribution in [3.8, 4) is 0 Å². The summed E-state index contributed by atoms with van der Waals surface area (Å²) in [5, 5.41) is 11.7. The molecule has 16 heavy (non-hydrogen) atoms. The Balaban J connectivity index is 2.12. The summed E-state index contributed by atoms with van der Waals surface area (Å²) in [6.45, 7) is 1.48. The first-order chi connectivity index (χ1) is 7.84. The van der Waals surface area contributed by atoms with Gasteiger partial charge in [-0.1, -0.05) is 30.3 Å². The van der Waals surface area contributed by atoms with Crippen molar-refractivity contribution in [2.24, 2.45) is 0 Å². The lowest BCUT2D eigenvalue weighted by Crippen LogP contribution is -2.24. The van der Waals surface area contributed by atoms with Gasteiger partial charge in [0, 0.05) is 12.2 Å². The number of aliphatic hydroxyl groups excluding tert-OH is 1. The Morgan fingerprint density at radius 2 is 1.88 bits per heavy atom. The van der Waals surface area contributed by atoms with Crippen LogP contribution in [-0.4, -0.2) is 30.6 Å². The van der Waals surface area contributed by atoms with Crippen LogP contribution in [0.4, 0.5) is 0 Å². The molecule has 0 aliphatic carbocycles. The van der Waals surface area contributed by atoms with E-state index in [0.29, 0.717) is 6.54 Å². The second kappa shape index (κ2) is 8.02. The zero-order valence-corrected chi connectivity index (χ0v) is 9.48. The average molecular weight is 221 g/mol.